The van der Waals surface area contributed by atoms with Crippen molar-refractivity contribution in [1.82, 2.24) is 14.5 Å². The van der Waals surface area contributed by atoms with Gasteiger partial charge in [0.1, 0.15) is 5.69 Å². The van der Waals surface area contributed by atoms with Crippen molar-refractivity contribution in [1.29, 1.82) is 0 Å². The van der Waals surface area contributed by atoms with E-state index in [-0.39, 0.29) is 18.2 Å². The molecule has 0 aliphatic heterocycles. The van der Waals surface area contributed by atoms with E-state index in [0.717, 1.165) is 22.3 Å². The third kappa shape index (κ3) is 3.80. The summed E-state index contributed by atoms with van der Waals surface area (Å²) in [5.74, 6) is -1.54. The van der Waals surface area contributed by atoms with Crippen molar-refractivity contribution >= 4 is 18.1 Å². The quantitative estimate of drug-likeness (QED) is 0.449. The zero-order valence-corrected chi connectivity index (χ0v) is 17.4. The molecule has 33 heavy (non-hydrogen) atoms. The summed E-state index contributed by atoms with van der Waals surface area (Å²) in [6, 6.07) is 20.3. The van der Waals surface area contributed by atoms with Gasteiger partial charge in [-0.2, -0.15) is 0 Å². The highest BCUT2D eigenvalue weighted by molar-refractivity contribution is 5.85. The highest BCUT2D eigenvalue weighted by atomic mass is 16.4. The van der Waals surface area contributed by atoms with Crippen LogP contribution in [0.15, 0.2) is 82.5 Å². The maximum absolute atomic E-state index is 13.0. The Hall–Kier alpha value is -4.52. The van der Waals surface area contributed by atoms with Gasteiger partial charge in [-0.05, 0) is 34.4 Å². The molecule has 7 nitrogen and oxygen atoms in total. The standard InChI is InChI=1S/C26H19N3O4/c30-24-21(15-29(26(33)28-24)14-18-8-5-11-22(27-18)25(31)32)23-19-9-3-1-6-16(19)12-13-17-7-2-4-10-20(17)23/h1-13,15,23H,14H2,(H,31,32)(H,28,30,33). The van der Waals surface area contributed by atoms with E-state index < -0.39 is 17.2 Å². The summed E-state index contributed by atoms with van der Waals surface area (Å²) in [6.07, 6.45) is 5.61. The van der Waals surface area contributed by atoms with Gasteiger partial charge < -0.3 is 5.11 Å². The van der Waals surface area contributed by atoms with E-state index >= 15 is 0 Å². The molecule has 0 bridgehead atoms. The fourth-order valence-electron chi connectivity index (χ4n) is 4.24. The van der Waals surface area contributed by atoms with Crippen LogP contribution in [0.4, 0.5) is 0 Å². The molecule has 0 fully saturated rings. The first-order valence-corrected chi connectivity index (χ1v) is 10.4. The first-order valence-electron chi connectivity index (χ1n) is 10.4. The summed E-state index contributed by atoms with van der Waals surface area (Å²) in [6.45, 7) is 0.0258. The largest absolute Gasteiger partial charge is 0.477 e. The molecule has 0 saturated carbocycles. The number of fused-ring (bicyclic) bond motifs is 2. The molecule has 2 heterocycles. The molecule has 0 unspecified atom stereocenters. The highest BCUT2D eigenvalue weighted by Gasteiger charge is 2.26. The van der Waals surface area contributed by atoms with Crippen molar-refractivity contribution in [3.63, 3.8) is 0 Å². The molecular formula is C26H19N3O4. The SMILES string of the molecule is O=C(O)c1cccc(Cn2cc(C3c4ccccc4C=Cc4ccccc43)c(=O)[nH]c2=O)n1. The number of carbonyl (C=O) groups is 1. The van der Waals surface area contributed by atoms with Crippen LogP contribution in [-0.2, 0) is 6.54 Å². The number of carboxylic acid groups (broad SMARTS) is 1. The second-order valence-electron chi connectivity index (χ2n) is 7.82. The van der Waals surface area contributed by atoms with Crippen LogP contribution in [0.1, 0.15) is 49.9 Å². The summed E-state index contributed by atoms with van der Waals surface area (Å²) in [5, 5.41) is 9.21. The van der Waals surface area contributed by atoms with Gasteiger partial charge in [0.25, 0.3) is 5.56 Å². The Labute approximate surface area is 188 Å². The number of carboxylic acids is 1. The van der Waals surface area contributed by atoms with E-state index in [4.69, 9.17) is 0 Å². The molecule has 0 spiro atoms. The van der Waals surface area contributed by atoms with E-state index in [1.807, 2.05) is 60.7 Å². The van der Waals surface area contributed by atoms with Crippen molar-refractivity contribution in [2.75, 3.05) is 0 Å². The van der Waals surface area contributed by atoms with Crippen LogP contribution >= 0.6 is 0 Å². The second-order valence-corrected chi connectivity index (χ2v) is 7.82. The fraction of sp³-hybridized carbons (Fsp3) is 0.0769. The van der Waals surface area contributed by atoms with Crippen molar-refractivity contribution < 1.29 is 9.90 Å². The lowest BCUT2D eigenvalue weighted by atomic mass is 9.83. The van der Waals surface area contributed by atoms with Gasteiger partial charge in [-0.15, -0.1) is 0 Å². The number of hydrogen-bond acceptors (Lipinski definition) is 4. The number of nitrogens with one attached hydrogen (secondary N) is 1. The first-order chi connectivity index (χ1) is 16.0. The molecule has 2 N–H and O–H groups in total. The molecule has 162 valence electrons. The zero-order chi connectivity index (χ0) is 22.9. The molecule has 0 saturated heterocycles. The van der Waals surface area contributed by atoms with Crippen molar-refractivity contribution in [3.8, 4) is 0 Å². The normalized spacial score (nSPS) is 12.6. The molecule has 0 atom stereocenters. The maximum atomic E-state index is 13.0. The summed E-state index contributed by atoms with van der Waals surface area (Å²) >= 11 is 0. The van der Waals surface area contributed by atoms with Gasteiger partial charge >= 0.3 is 11.7 Å². The molecule has 7 heteroatoms. The monoisotopic (exact) mass is 437 g/mol. The molecule has 1 aliphatic carbocycles. The van der Waals surface area contributed by atoms with Crippen LogP contribution in [-0.4, -0.2) is 25.6 Å². The van der Waals surface area contributed by atoms with E-state index in [1.165, 1.54) is 10.6 Å². The number of benzene rings is 2. The fourth-order valence-corrected chi connectivity index (χ4v) is 4.24. The molecule has 5 rings (SSSR count). The Bertz CT molecular complexity index is 1480. The minimum atomic E-state index is -1.15. The van der Waals surface area contributed by atoms with Gasteiger partial charge in [0, 0.05) is 17.7 Å². The van der Waals surface area contributed by atoms with Gasteiger partial charge in [0.05, 0.1) is 12.2 Å². The number of aromatic nitrogens is 3. The van der Waals surface area contributed by atoms with Crippen molar-refractivity contribution in [2.24, 2.45) is 0 Å². The number of pyridine rings is 1. The molecule has 0 amide bonds. The average Bonchev–Trinajstić information content (AvgIpc) is 2.98. The predicted octanol–water partition coefficient (Wildman–Crippen LogP) is 3.34. The van der Waals surface area contributed by atoms with Gasteiger partial charge in [-0.25, -0.2) is 14.6 Å². The van der Waals surface area contributed by atoms with Crippen LogP contribution in [0, 0.1) is 0 Å². The number of aromatic amines is 1. The summed E-state index contributed by atoms with van der Waals surface area (Å²) in [5.41, 5.74) is 3.58. The lowest BCUT2D eigenvalue weighted by Crippen LogP contribution is -2.33. The van der Waals surface area contributed by atoms with E-state index in [1.54, 1.807) is 18.3 Å². The van der Waals surface area contributed by atoms with Crippen molar-refractivity contribution in [2.45, 2.75) is 12.5 Å². The van der Waals surface area contributed by atoms with E-state index in [0.29, 0.717) is 11.3 Å². The summed E-state index contributed by atoms with van der Waals surface area (Å²) < 4.78 is 1.36. The van der Waals surface area contributed by atoms with Gasteiger partial charge in [-0.1, -0.05) is 66.7 Å². The summed E-state index contributed by atoms with van der Waals surface area (Å²) in [7, 11) is 0. The molecule has 2 aromatic carbocycles. The number of aromatic carboxylic acids is 1. The minimum absolute atomic E-state index is 0.0258. The van der Waals surface area contributed by atoms with Gasteiger partial charge in [0.15, 0.2) is 0 Å². The number of hydrogen-bond donors (Lipinski definition) is 2. The van der Waals surface area contributed by atoms with Crippen LogP contribution in [0.5, 0.6) is 0 Å². The highest BCUT2D eigenvalue weighted by Crippen LogP contribution is 2.37. The third-order valence-corrected chi connectivity index (χ3v) is 5.76. The molecule has 2 aromatic heterocycles. The first kappa shape index (κ1) is 20.4. The molecule has 4 aromatic rings. The lowest BCUT2D eigenvalue weighted by molar-refractivity contribution is 0.0690. The predicted molar refractivity (Wildman–Crippen MR) is 124 cm³/mol. The molecular weight excluding hydrogens is 418 g/mol. The van der Waals surface area contributed by atoms with Crippen LogP contribution in [0.2, 0.25) is 0 Å². The second kappa shape index (κ2) is 8.20. The van der Waals surface area contributed by atoms with Crippen LogP contribution in [0.25, 0.3) is 12.2 Å². The Morgan fingerprint density at radius 1 is 0.879 bits per heavy atom. The molecule has 1 aliphatic rings. The zero-order valence-electron chi connectivity index (χ0n) is 17.4. The van der Waals surface area contributed by atoms with Gasteiger partial charge in [-0.3, -0.25) is 14.3 Å². The number of H-pyrrole nitrogens is 1. The smallest absolute Gasteiger partial charge is 0.354 e. The van der Waals surface area contributed by atoms with Crippen LogP contribution < -0.4 is 11.2 Å². The minimum Gasteiger partial charge on any atom is -0.477 e. The lowest BCUT2D eigenvalue weighted by Gasteiger charge is -2.21. The topological polar surface area (TPSA) is 105 Å². The Kier molecular flexibility index (Phi) is 5.06. The summed E-state index contributed by atoms with van der Waals surface area (Å²) in [4.78, 5) is 43.4. The van der Waals surface area contributed by atoms with E-state index in [2.05, 4.69) is 9.97 Å². The number of rotatable bonds is 4. The Balaban J connectivity index is 1.67. The van der Waals surface area contributed by atoms with Crippen molar-refractivity contribution in [3.05, 3.63) is 133 Å². The van der Waals surface area contributed by atoms with Crippen LogP contribution in [0.3, 0.4) is 0 Å². The Morgan fingerprint density at radius 2 is 1.52 bits per heavy atom. The maximum Gasteiger partial charge on any atom is 0.354 e. The van der Waals surface area contributed by atoms with E-state index in [9.17, 15) is 19.5 Å². The number of nitrogens with zero attached hydrogens (tertiary/aromatic N) is 2. The third-order valence-electron chi connectivity index (χ3n) is 5.76. The Morgan fingerprint density at radius 3 is 2.15 bits per heavy atom. The molecule has 0 radical (unpaired) electrons. The average molecular weight is 437 g/mol. The van der Waals surface area contributed by atoms with Gasteiger partial charge in [0.2, 0.25) is 0 Å².